The Hall–Kier alpha value is -2.54. The summed E-state index contributed by atoms with van der Waals surface area (Å²) in [5.74, 6) is 0. The zero-order valence-corrected chi connectivity index (χ0v) is 18.2. The minimum absolute atomic E-state index is 0.344. The van der Waals surface area contributed by atoms with E-state index in [9.17, 15) is 5.11 Å². The number of benzene rings is 3. The average molecular weight is 435 g/mol. The van der Waals surface area contributed by atoms with Gasteiger partial charge >= 0.3 is 0 Å². The Bertz CT molecular complexity index is 863. The molecule has 0 amide bonds. The summed E-state index contributed by atoms with van der Waals surface area (Å²) in [6.07, 6.45) is -3.04. The van der Waals surface area contributed by atoms with Crippen molar-refractivity contribution >= 4 is 0 Å². The fraction of sp³-hybridized carbons (Fsp3) is 0.333. The molecule has 32 heavy (non-hydrogen) atoms. The quantitative estimate of drug-likeness (QED) is 0.538. The van der Waals surface area contributed by atoms with E-state index in [-0.39, 0.29) is 6.10 Å². The standard InChI is InChI=1S/C27H30O5/c1-20-24(29-17-21-11-5-2-6-12-21)25(30-18-22-13-7-3-8-14-22)26(27(28)32-20)31-19-23-15-9-4-10-16-23/h2-16,20,24-28H,17-19H2,1H3/t20-,24+,25-,26-,27-/m0/s1. The molecule has 1 saturated heterocycles. The van der Waals surface area contributed by atoms with Crippen LogP contribution >= 0.6 is 0 Å². The first-order valence-corrected chi connectivity index (χ1v) is 11.0. The van der Waals surface area contributed by atoms with Crippen molar-refractivity contribution in [1.82, 2.24) is 0 Å². The van der Waals surface area contributed by atoms with E-state index in [2.05, 4.69) is 0 Å². The van der Waals surface area contributed by atoms with E-state index >= 15 is 0 Å². The van der Waals surface area contributed by atoms with Crippen LogP contribution in [0.4, 0.5) is 0 Å². The largest absolute Gasteiger partial charge is 0.368 e. The van der Waals surface area contributed by atoms with Crippen LogP contribution in [0.1, 0.15) is 23.6 Å². The number of rotatable bonds is 9. The van der Waals surface area contributed by atoms with E-state index in [1.54, 1.807) is 0 Å². The Labute approximate surface area is 189 Å². The third kappa shape index (κ3) is 6.03. The first kappa shape index (κ1) is 22.6. The fourth-order valence-corrected chi connectivity index (χ4v) is 3.89. The summed E-state index contributed by atoms with van der Waals surface area (Å²) in [6, 6.07) is 29.8. The maximum absolute atomic E-state index is 10.7. The third-order valence-electron chi connectivity index (χ3n) is 5.60. The lowest BCUT2D eigenvalue weighted by molar-refractivity contribution is -0.308. The van der Waals surface area contributed by atoms with Crippen LogP contribution in [0, 0.1) is 0 Å². The normalized spacial score (nSPS) is 25.5. The highest BCUT2D eigenvalue weighted by Crippen LogP contribution is 2.29. The SMILES string of the molecule is C[C@@H]1O[C@H](O)[C@@H](OCc2ccccc2)[C@@H](OCc2ccccc2)[C@@H]1OCc1ccccc1. The third-order valence-corrected chi connectivity index (χ3v) is 5.60. The highest BCUT2D eigenvalue weighted by Gasteiger charge is 2.46. The molecule has 3 aromatic carbocycles. The minimum Gasteiger partial charge on any atom is -0.368 e. The van der Waals surface area contributed by atoms with Gasteiger partial charge in [0.2, 0.25) is 0 Å². The van der Waals surface area contributed by atoms with Crippen LogP contribution in [0.15, 0.2) is 91.0 Å². The Morgan fingerprint density at radius 3 is 1.41 bits per heavy atom. The van der Waals surface area contributed by atoms with Gasteiger partial charge in [0, 0.05) is 0 Å². The van der Waals surface area contributed by atoms with Gasteiger partial charge in [-0.2, -0.15) is 0 Å². The van der Waals surface area contributed by atoms with E-state index in [4.69, 9.17) is 18.9 Å². The van der Waals surface area contributed by atoms with Crippen molar-refractivity contribution in [2.45, 2.75) is 57.5 Å². The molecule has 5 atom stereocenters. The van der Waals surface area contributed by atoms with E-state index in [0.717, 1.165) is 16.7 Å². The minimum atomic E-state index is -1.11. The van der Waals surface area contributed by atoms with E-state index in [1.807, 2.05) is 97.9 Å². The molecule has 1 aliphatic rings. The maximum Gasteiger partial charge on any atom is 0.184 e. The second-order valence-corrected chi connectivity index (χ2v) is 8.02. The zero-order chi connectivity index (χ0) is 22.2. The van der Waals surface area contributed by atoms with Gasteiger partial charge in [0.1, 0.15) is 18.3 Å². The smallest absolute Gasteiger partial charge is 0.184 e. The van der Waals surface area contributed by atoms with E-state index < -0.39 is 24.6 Å². The summed E-state index contributed by atoms with van der Waals surface area (Å²) in [5.41, 5.74) is 3.13. The topological polar surface area (TPSA) is 57.2 Å². The number of aliphatic hydroxyl groups is 1. The van der Waals surface area contributed by atoms with Crippen LogP contribution < -0.4 is 0 Å². The second kappa shape index (κ2) is 11.4. The van der Waals surface area contributed by atoms with Gasteiger partial charge in [0.25, 0.3) is 0 Å². The molecule has 5 nitrogen and oxygen atoms in total. The Morgan fingerprint density at radius 2 is 0.969 bits per heavy atom. The monoisotopic (exact) mass is 434 g/mol. The molecule has 5 heteroatoms. The summed E-state index contributed by atoms with van der Waals surface area (Å²) in [5, 5.41) is 10.7. The summed E-state index contributed by atoms with van der Waals surface area (Å²) in [6.45, 7) is 3.05. The molecule has 168 valence electrons. The molecular weight excluding hydrogens is 404 g/mol. The van der Waals surface area contributed by atoms with Gasteiger partial charge < -0.3 is 24.1 Å². The average Bonchev–Trinajstić information content (AvgIpc) is 2.83. The molecule has 1 fully saturated rings. The van der Waals surface area contributed by atoms with Crippen LogP contribution in [0.5, 0.6) is 0 Å². The molecule has 1 aliphatic heterocycles. The van der Waals surface area contributed by atoms with Crippen molar-refractivity contribution in [2.75, 3.05) is 0 Å². The number of ether oxygens (including phenoxy) is 4. The van der Waals surface area contributed by atoms with Gasteiger partial charge in [-0.1, -0.05) is 91.0 Å². The fourth-order valence-electron chi connectivity index (χ4n) is 3.89. The predicted octanol–water partition coefficient (Wildman–Crippen LogP) is 4.48. The van der Waals surface area contributed by atoms with Gasteiger partial charge in [-0.15, -0.1) is 0 Å². The van der Waals surface area contributed by atoms with Crippen LogP contribution in [-0.2, 0) is 38.8 Å². The molecule has 0 unspecified atom stereocenters. The Balaban J connectivity index is 1.50. The van der Waals surface area contributed by atoms with Crippen LogP contribution in [0.2, 0.25) is 0 Å². The lowest BCUT2D eigenvalue weighted by Crippen LogP contribution is -2.59. The van der Waals surface area contributed by atoms with Gasteiger partial charge in [0.15, 0.2) is 6.29 Å². The molecule has 0 aliphatic carbocycles. The molecule has 1 N–H and O–H groups in total. The molecule has 0 bridgehead atoms. The number of aliphatic hydroxyl groups excluding tert-OH is 1. The number of hydrogen-bond acceptors (Lipinski definition) is 5. The molecule has 3 aromatic rings. The maximum atomic E-state index is 10.7. The molecule has 0 radical (unpaired) electrons. The van der Waals surface area contributed by atoms with Crippen molar-refractivity contribution in [3.8, 4) is 0 Å². The highest BCUT2D eigenvalue weighted by atomic mass is 16.7. The van der Waals surface area contributed by atoms with Gasteiger partial charge in [0.05, 0.1) is 25.9 Å². The molecule has 4 rings (SSSR count). The van der Waals surface area contributed by atoms with Gasteiger partial charge in [-0.25, -0.2) is 0 Å². The van der Waals surface area contributed by atoms with E-state index in [1.165, 1.54) is 0 Å². The van der Waals surface area contributed by atoms with Gasteiger partial charge in [-0.05, 0) is 23.6 Å². The predicted molar refractivity (Wildman–Crippen MR) is 122 cm³/mol. The molecular formula is C27H30O5. The van der Waals surface area contributed by atoms with E-state index in [0.29, 0.717) is 19.8 Å². The summed E-state index contributed by atoms with van der Waals surface area (Å²) in [4.78, 5) is 0. The Morgan fingerprint density at radius 1 is 0.594 bits per heavy atom. The lowest BCUT2D eigenvalue weighted by atomic mass is 9.98. The molecule has 0 saturated carbocycles. The van der Waals surface area contributed by atoms with Crippen molar-refractivity contribution in [1.29, 1.82) is 0 Å². The van der Waals surface area contributed by atoms with Crippen molar-refractivity contribution < 1.29 is 24.1 Å². The van der Waals surface area contributed by atoms with Crippen LogP contribution in [0.25, 0.3) is 0 Å². The first-order valence-electron chi connectivity index (χ1n) is 11.0. The molecule has 0 aromatic heterocycles. The lowest BCUT2D eigenvalue weighted by Gasteiger charge is -2.43. The summed E-state index contributed by atoms with van der Waals surface area (Å²) >= 11 is 0. The molecule has 0 spiro atoms. The second-order valence-electron chi connectivity index (χ2n) is 8.02. The zero-order valence-electron chi connectivity index (χ0n) is 18.2. The van der Waals surface area contributed by atoms with Crippen LogP contribution in [0.3, 0.4) is 0 Å². The highest BCUT2D eigenvalue weighted by molar-refractivity contribution is 5.15. The first-order chi connectivity index (χ1) is 15.7. The van der Waals surface area contributed by atoms with Crippen LogP contribution in [-0.4, -0.2) is 35.8 Å². The van der Waals surface area contributed by atoms with Gasteiger partial charge in [-0.3, -0.25) is 0 Å². The van der Waals surface area contributed by atoms with Crippen molar-refractivity contribution in [3.63, 3.8) is 0 Å². The summed E-state index contributed by atoms with van der Waals surface area (Å²) < 4.78 is 24.5. The Kier molecular flexibility index (Phi) is 8.04. The summed E-state index contributed by atoms with van der Waals surface area (Å²) in [7, 11) is 0. The van der Waals surface area contributed by atoms with Crippen molar-refractivity contribution in [3.05, 3.63) is 108 Å². The number of hydrogen-bond donors (Lipinski definition) is 1. The molecule has 1 heterocycles. The van der Waals surface area contributed by atoms with Crippen molar-refractivity contribution in [2.24, 2.45) is 0 Å².